The van der Waals surface area contributed by atoms with Gasteiger partial charge in [0.2, 0.25) is 5.91 Å². The minimum absolute atomic E-state index is 0.0347. The van der Waals surface area contributed by atoms with Crippen LogP contribution in [0.2, 0.25) is 15.1 Å². The van der Waals surface area contributed by atoms with Crippen LogP contribution in [0.3, 0.4) is 0 Å². The molecule has 7 nitrogen and oxygen atoms in total. The lowest BCUT2D eigenvalue weighted by Gasteiger charge is -2.06. The fourth-order valence-electron chi connectivity index (χ4n) is 2.18. The number of nitrogens with zero attached hydrogens (tertiary/aromatic N) is 2. The zero-order valence-corrected chi connectivity index (χ0v) is 18.8. The molecule has 0 radical (unpaired) electrons. The minimum atomic E-state index is -1.14. The van der Waals surface area contributed by atoms with E-state index in [0.717, 1.165) is 0 Å². The van der Waals surface area contributed by atoms with Crippen LogP contribution in [-0.4, -0.2) is 32.9 Å². The number of thioether (sulfide) groups is 1. The number of hydrogen-bond acceptors (Lipinski definition) is 7. The number of hydrogen-bond donors (Lipinski definition) is 2. The summed E-state index contributed by atoms with van der Waals surface area (Å²) in [5, 5.41) is 21.3. The summed E-state index contributed by atoms with van der Waals surface area (Å²) in [5.74, 6) is -0.850. The van der Waals surface area contributed by atoms with Gasteiger partial charge < -0.3 is 15.2 Å². The molecule has 1 amide bonds. The molecule has 0 fully saturated rings. The molecular formula is C18H12Cl3N3O4S2. The van der Waals surface area contributed by atoms with E-state index in [2.05, 4.69) is 15.5 Å². The van der Waals surface area contributed by atoms with Gasteiger partial charge in [-0.2, -0.15) is 0 Å². The Balaban J connectivity index is 1.49. The smallest absolute Gasteiger partial charge is 0.337 e. The third-order valence-corrected chi connectivity index (χ3v) is 6.38. The molecule has 12 heteroatoms. The van der Waals surface area contributed by atoms with Crippen molar-refractivity contribution >= 4 is 75.5 Å². The largest absolute Gasteiger partial charge is 0.485 e. The maximum absolute atomic E-state index is 12.1. The minimum Gasteiger partial charge on any atom is -0.485 e. The highest BCUT2D eigenvalue weighted by molar-refractivity contribution is 8.01. The number of rotatable bonds is 8. The van der Waals surface area contributed by atoms with E-state index in [4.69, 9.17) is 44.6 Å². The molecule has 0 saturated carbocycles. The third-order valence-electron chi connectivity index (χ3n) is 3.50. The summed E-state index contributed by atoms with van der Waals surface area (Å²) in [6.07, 6.45) is 0. The van der Waals surface area contributed by atoms with Crippen molar-refractivity contribution in [1.82, 2.24) is 10.2 Å². The van der Waals surface area contributed by atoms with E-state index in [1.165, 1.54) is 41.3 Å². The first-order valence-corrected chi connectivity index (χ1v) is 11.1. The van der Waals surface area contributed by atoms with E-state index in [-0.39, 0.29) is 28.9 Å². The first-order chi connectivity index (χ1) is 14.3. The monoisotopic (exact) mass is 503 g/mol. The van der Waals surface area contributed by atoms with Crippen LogP contribution in [0.25, 0.3) is 0 Å². The second-order valence-electron chi connectivity index (χ2n) is 5.66. The molecule has 0 aliphatic rings. The van der Waals surface area contributed by atoms with Crippen molar-refractivity contribution in [3.63, 3.8) is 0 Å². The normalized spacial score (nSPS) is 10.6. The standard InChI is InChI=1S/C18H12Cl3N3O4S2/c19-9-1-4-14(13(21)5-9)28-7-16-23-24-18(30-16)29-8-15(25)22-10-2-3-11(17(26)27)12(20)6-10/h1-6H,7-8H2,(H,22,25)(H,26,27). The van der Waals surface area contributed by atoms with Gasteiger partial charge in [0, 0.05) is 10.7 Å². The van der Waals surface area contributed by atoms with Crippen LogP contribution in [0, 0.1) is 0 Å². The number of amides is 1. The van der Waals surface area contributed by atoms with Crippen LogP contribution >= 0.6 is 57.9 Å². The average molecular weight is 505 g/mol. The van der Waals surface area contributed by atoms with Crippen molar-refractivity contribution in [2.24, 2.45) is 0 Å². The lowest BCUT2D eigenvalue weighted by molar-refractivity contribution is -0.113. The maximum atomic E-state index is 12.1. The molecule has 0 spiro atoms. The second-order valence-corrected chi connectivity index (χ2v) is 9.20. The summed E-state index contributed by atoms with van der Waals surface area (Å²) in [4.78, 5) is 23.1. The molecule has 0 aliphatic heterocycles. The number of aromatic carboxylic acids is 1. The number of halogens is 3. The number of carbonyl (C=O) groups excluding carboxylic acids is 1. The van der Waals surface area contributed by atoms with Crippen LogP contribution < -0.4 is 10.1 Å². The quantitative estimate of drug-likeness (QED) is 0.390. The van der Waals surface area contributed by atoms with E-state index in [0.29, 0.717) is 30.8 Å². The van der Waals surface area contributed by atoms with Crippen molar-refractivity contribution in [2.45, 2.75) is 10.9 Å². The van der Waals surface area contributed by atoms with Crippen molar-refractivity contribution < 1.29 is 19.4 Å². The van der Waals surface area contributed by atoms with Crippen molar-refractivity contribution in [1.29, 1.82) is 0 Å². The number of aromatic nitrogens is 2. The van der Waals surface area contributed by atoms with Crippen LogP contribution in [0.1, 0.15) is 15.4 Å². The summed E-state index contributed by atoms with van der Waals surface area (Å²) in [7, 11) is 0. The SMILES string of the molecule is O=C(CSc1nnc(COc2ccc(Cl)cc2Cl)s1)Nc1ccc(C(=O)O)c(Cl)c1. The number of anilines is 1. The zero-order valence-electron chi connectivity index (χ0n) is 14.9. The first kappa shape index (κ1) is 22.6. The maximum Gasteiger partial charge on any atom is 0.337 e. The Hall–Kier alpha value is -2.04. The average Bonchev–Trinajstić information content (AvgIpc) is 3.13. The summed E-state index contributed by atoms with van der Waals surface area (Å²) < 4.78 is 6.21. The molecular weight excluding hydrogens is 493 g/mol. The number of carboxylic acids is 1. The van der Waals surface area contributed by atoms with E-state index in [1.54, 1.807) is 18.2 Å². The van der Waals surface area contributed by atoms with Crippen molar-refractivity contribution in [2.75, 3.05) is 11.1 Å². The number of ether oxygens (including phenoxy) is 1. The molecule has 0 saturated heterocycles. The lowest BCUT2D eigenvalue weighted by Crippen LogP contribution is -2.14. The molecule has 1 heterocycles. The molecule has 0 unspecified atom stereocenters. The Kier molecular flexibility index (Phi) is 7.79. The summed E-state index contributed by atoms with van der Waals surface area (Å²) in [5.41, 5.74) is 0.370. The topological polar surface area (TPSA) is 101 Å². The van der Waals surface area contributed by atoms with E-state index in [9.17, 15) is 9.59 Å². The summed E-state index contributed by atoms with van der Waals surface area (Å²) in [6.45, 7) is 0.181. The number of carboxylic acid groups (broad SMARTS) is 1. The number of benzene rings is 2. The fourth-order valence-corrected chi connectivity index (χ4v) is 4.51. The van der Waals surface area contributed by atoms with Gasteiger partial charge in [-0.1, -0.05) is 57.9 Å². The molecule has 0 atom stereocenters. The van der Waals surface area contributed by atoms with Crippen molar-refractivity contribution in [3.05, 3.63) is 62.0 Å². The van der Waals surface area contributed by atoms with Gasteiger partial charge in [-0.25, -0.2) is 4.79 Å². The Morgan fingerprint density at radius 3 is 2.60 bits per heavy atom. The van der Waals surface area contributed by atoms with Gasteiger partial charge in [-0.15, -0.1) is 10.2 Å². The van der Waals surface area contributed by atoms with Crippen molar-refractivity contribution in [3.8, 4) is 5.75 Å². The molecule has 3 rings (SSSR count). The highest BCUT2D eigenvalue weighted by Crippen LogP contribution is 2.29. The van der Waals surface area contributed by atoms with Crippen LogP contribution in [-0.2, 0) is 11.4 Å². The predicted molar refractivity (Wildman–Crippen MR) is 118 cm³/mol. The number of carbonyl (C=O) groups is 2. The van der Waals surface area contributed by atoms with E-state index in [1.807, 2.05) is 0 Å². The Morgan fingerprint density at radius 1 is 1.10 bits per heavy atom. The second kappa shape index (κ2) is 10.3. The van der Waals surface area contributed by atoms with E-state index >= 15 is 0 Å². The first-order valence-electron chi connectivity index (χ1n) is 8.17. The van der Waals surface area contributed by atoms with Crippen LogP contribution in [0.5, 0.6) is 5.75 Å². The Labute approximate surface area is 194 Å². The molecule has 0 aliphatic carbocycles. The van der Waals surface area contributed by atoms with Gasteiger partial charge in [0.15, 0.2) is 9.35 Å². The molecule has 30 heavy (non-hydrogen) atoms. The van der Waals surface area contributed by atoms with Gasteiger partial charge in [0.05, 0.1) is 21.4 Å². The molecule has 3 aromatic rings. The van der Waals surface area contributed by atoms with Crippen LogP contribution in [0.4, 0.5) is 5.69 Å². The van der Waals surface area contributed by atoms with Gasteiger partial charge >= 0.3 is 5.97 Å². The van der Waals surface area contributed by atoms with Gasteiger partial charge in [-0.05, 0) is 36.4 Å². The highest BCUT2D eigenvalue weighted by atomic mass is 35.5. The van der Waals surface area contributed by atoms with Gasteiger partial charge in [-0.3, -0.25) is 4.79 Å². The highest BCUT2D eigenvalue weighted by Gasteiger charge is 2.12. The zero-order chi connectivity index (χ0) is 21.7. The molecule has 1 aromatic heterocycles. The molecule has 156 valence electrons. The van der Waals surface area contributed by atoms with Crippen LogP contribution in [0.15, 0.2) is 40.7 Å². The summed E-state index contributed by atoms with van der Waals surface area (Å²) in [6, 6.07) is 9.11. The third kappa shape index (κ3) is 6.23. The summed E-state index contributed by atoms with van der Waals surface area (Å²) >= 11 is 20.3. The van der Waals surface area contributed by atoms with E-state index < -0.39 is 5.97 Å². The predicted octanol–water partition coefficient (Wildman–Crippen LogP) is 5.51. The van der Waals surface area contributed by atoms with Gasteiger partial charge in [0.25, 0.3) is 0 Å². The Morgan fingerprint density at radius 2 is 1.90 bits per heavy atom. The molecule has 2 aromatic carbocycles. The molecule has 0 bridgehead atoms. The molecule has 2 N–H and O–H groups in total. The van der Waals surface area contributed by atoms with Gasteiger partial charge in [0.1, 0.15) is 12.4 Å². The Bertz CT molecular complexity index is 1090. The number of nitrogens with one attached hydrogen (secondary N) is 1. The fraction of sp³-hybridized carbons (Fsp3) is 0.111. The lowest BCUT2D eigenvalue weighted by atomic mass is 10.2.